The number of aliphatic hydroxyl groups is 1. The quantitative estimate of drug-likeness (QED) is 0.340. The van der Waals surface area contributed by atoms with Crippen molar-refractivity contribution in [2.24, 2.45) is 0 Å². The largest absolute Gasteiger partial charge is 0.508 e. The van der Waals surface area contributed by atoms with Gasteiger partial charge in [-0.25, -0.2) is 0 Å². The van der Waals surface area contributed by atoms with E-state index in [-0.39, 0.29) is 11.5 Å². The third kappa shape index (κ3) is 7.96. The van der Waals surface area contributed by atoms with Crippen LogP contribution in [0.5, 0.6) is 5.75 Å². The summed E-state index contributed by atoms with van der Waals surface area (Å²) in [6, 6.07) is 17.5. The first-order valence-electron chi connectivity index (χ1n) is 9.38. The number of ether oxygens (including phenoxy) is 1. The molecule has 146 valence electrons. The molecule has 0 atom stereocenters. The molecule has 0 aromatic heterocycles. The lowest BCUT2D eigenvalue weighted by Crippen LogP contribution is -2.11. The summed E-state index contributed by atoms with van der Waals surface area (Å²) in [6.07, 6.45) is 6.87. The Balaban J connectivity index is 1.87. The van der Waals surface area contributed by atoms with Gasteiger partial charge in [-0.1, -0.05) is 55.5 Å². The molecule has 28 heavy (non-hydrogen) atoms. The van der Waals surface area contributed by atoms with Crippen molar-refractivity contribution in [1.29, 1.82) is 0 Å². The van der Waals surface area contributed by atoms with E-state index >= 15 is 0 Å². The second-order valence-electron chi connectivity index (χ2n) is 6.39. The van der Waals surface area contributed by atoms with E-state index in [1.807, 2.05) is 61.5 Å². The molecule has 0 aliphatic heterocycles. The predicted octanol–water partition coefficient (Wildman–Crippen LogP) is 5.19. The van der Waals surface area contributed by atoms with E-state index in [0.29, 0.717) is 13.2 Å². The van der Waals surface area contributed by atoms with Crippen LogP contribution in [0, 0.1) is 0 Å². The molecule has 0 aliphatic carbocycles. The minimum atomic E-state index is -0.275. The average molecular weight is 377 g/mol. The molecule has 4 nitrogen and oxygen atoms in total. The fourth-order valence-electron chi connectivity index (χ4n) is 2.41. The molecule has 0 amide bonds. The highest BCUT2D eigenvalue weighted by molar-refractivity contribution is 6.00. The van der Waals surface area contributed by atoms with Crippen molar-refractivity contribution in [2.75, 3.05) is 6.61 Å². The number of ketones is 1. The zero-order valence-corrected chi connectivity index (χ0v) is 16.4. The van der Waals surface area contributed by atoms with Gasteiger partial charge in [-0.15, -0.1) is 0 Å². The van der Waals surface area contributed by atoms with E-state index < -0.39 is 0 Å². The molecule has 2 rings (SSSR count). The summed E-state index contributed by atoms with van der Waals surface area (Å²) in [4.78, 5) is 12.0. The van der Waals surface area contributed by atoms with Crippen LogP contribution in [0.1, 0.15) is 31.4 Å². The van der Waals surface area contributed by atoms with Gasteiger partial charge in [0.1, 0.15) is 11.5 Å². The van der Waals surface area contributed by atoms with Crippen LogP contribution in [0.4, 0.5) is 0 Å². The van der Waals surface area contributed by atoms with Crippen molar-refractivity contribution in [2.45, 2.75) is 26.8 Å². The number of benzene rings is 2. The van der Waals surface area contributed by atoms with Crippen LogP contribution >= 0.6 is 0 Å². The smallest absolute Gasteiger partial charge is 0.184 e. The number of aliphatic hydroxyl groups excluding tert-OH is 1. The number of hydrogen-bond acceptors (Lipinski definition) is 4. The lowest BCUT2D eigenvalue weighted by atomic mass is 10.2. The van der Waals surface area contributed by atoms with Gasteiger partial charge in [0.05, 0.1) is 6.61 Å². The Hall–Kier alpha value is -3.27. The van der Waals surface area contributed by atoms with Crippen LogP contribution in [0.15, 0.2) is 84.3 Å². The molecule has 0 heterocycles. The second kappa shape index (κ2) is 11.4. The monoisotopic (exact) mass is 377 g/mol. The van der Waals surface area contributed by atoms with Crippen molar-refractivity contribution >= 4 is 11.9 Å². The maximum absolute atomic E-state index is 12.0. The van der Waals surface area contributed by atoms with Gasteiger partial charge in [-0.05, 0) is 42.7 Å². The van der Waals surface area contributed by atoms with Crippen LogP contribution < -0.4 is 10.1 Å². The number of nitrogens with one attached hydrogen (secondary N) is 1. The zero-order chi connectivity index (χ0) is 20.2. The van der Waals surface area contributed by atoms with E-state index in [1.165, 1.54) is 18.2 Å². The van der Waals surface area contributed by atoms with Gasteiger partial charge in [0, 0.05) is 24.4 Å². The summed E-state index contributed by atoms with van der Waals surface area (Å²) in [5, 5.41) is 13.1. The molecular weight excluding hydrogens is 350 g/mol. The standard InChI is InChI=1S/C24H27NO3/c1-3-15-28-24-13-10-20(11-14-24)9-12-22(26)17-23(27)16-19(2)25-18-21-7-5-4-6-8-21/h4-14,16-17,25-26H,3,15,18H2,1-2H3/b12-9+,19-16-,22-17-. The Kier molecular flexibility index (Phi) is 8.60. The Labute approximate surface area is 166 Å². The summed E-state index contributed by atoms with van der Waals surface area (Å²) in [7, 11) is 0. The molecule has 4 heteroatoms. The lowest BCUT2D eigenvalue weighted by Gasteiger charge is -2.05. The summed E-state index contributed by atoms with van der Waals surface area (Å²) >= 11 is 0. The van der Waals surface area contributed by atoms with Gasteiger partial charge in [0.2, 0.25) is 0 Å². The highest BCUT2D eigenvalue weighted by Crippen LogP contribution is 2.14. The van der Waals surface area contributed by atoms with Crippen molar-refractivity contribution in [3.05, 3.63) is 95.4 Å². The first-order chi connectivity index (χ1) is 13.6. The molecule has 2 aromatic carbocycles. The molecular formula is C24H27NO3. The minimum absolute atomic E-state index is 0.0941. The Morgan fingerprint density at radius 1 is 1.07 bits per heavy atom. The van der Waals surface area contributed by atoms with Crippen LogP contribution in [0.2, 0.25) is 0 Å². The number of hydrogen-bond donors (Lipinski definition) is 2. The first-order valence-corrected chi connectivity index (χ1v) is 9.38. The third-order valence-electron chi connectivity index (χ3n) is 3.86. The van der Waals surface area contributed by atoms with Crippen LogP contribution in [-0.4, -0.2) is 17.5 Å². The van der Waals surface area contributed by atoms with Crippen molar-refractivity contribution in [1.82, 2.24) is 5.32 Å². The van der Waals surface area contributed by atoms with Crippen LogP contribution in [0.25, 0.3) is 6.08 Å². The Bertz CT molecular complexity index is 834. The molecule has 0 radical (unpaired) electrons. The average Bonchev–Trinajstić information content (AvgIpc) is 2.70. The highest BCUT2D eigenvalue weighted by atomic mass is 16.5. The molecule has 0 bridgehead atoms. The van der Waals surface area contributed by atoms with E-state index in [2.05, 4.69) is 12.2 Å². The topological polar surface area (TPSA) is 58.6 Å². The van der Waals surface area contributed by atoms with Crippen molar-refractivity contribution < 1.29 is 14.6 Å². The number of allylic oxidation sites excluding steroid dienone is 4. The Morgan fingerprint density at radius 2 is 1.79 bits per heavy atom. The molecule has 0 spiro atoms. The van der Waals surface area contributed by atoms with E-state index in [0.717, 1.165) is 29.0 Å². The number of rotatable bonds is 10. The van der Waals surface area contributed by atoms with Gasteiger partial charge < -0.3 is 15.2 Å². The normalized spacial score (nSPS) is 12.2. The lowest BCUT2D eigenvalue weighted by molar-refractivity contribution is -0.110. The first kappa shape index (κ1) is 21.0. The number of carbonyl (C=O) groups is 1. The predicted molar refractivity (Wildman–Crippen MR) is 114 cm³/mol. The van der Waals surface area contributed by atoms with E-state index in [9.17, 15) is 9.90 Å². The minimum Gasteiger partial charge on any atom is -0.508 e. The Morgan fingerprint density at radius 3 is 2.46 bits per heavy atom. The summed E-state index contributed by atoms with van der Waals surface area (Å²) in [6.45, 7) is 5.21. The highest BCUT2D eigenvalue weighted by Gasteiger charge is 1.98. The SMILES string of the molecule is CCCOc1ccc(/C=C/C(O)=C/C(=O)/C=C(/C)NCc2ccccc2)cc1. The second-order valence-corrected chi connectivity index (χ2v) is 6.39. The molecule has 2 aromatic rings. The molecule has 2 N–H and O–H groups in total. The van der Waals surface area contributed by atoms with Gasteiger partial charge in [0.25, 0.3) is 0 Å². The molecule has 0 fully saturated rings. The van der Waals surface area contributed by atoms with Gasteiger partial charge in [-0.2, -0.15) is 0 Å². The van der Waals surface area contributed by atoms with Crippen molar-refractivity contribution in [3.8, 4) is 5.75 Å². The summed E-state index contributed by atoms with van der Waals surface area (Å²) in [5.41, 5.74) is 2.78. The molecule has 0 unspecified atom stereocenters. The van der Waals surface area contributed by atoms with Crippen molar-refractivity contribution in [3.63, 3.8) is 0 Å². The molecule has 0 aliphatic rings. The fourth-order valence-corrected chi connectivity index (χ4v) is 2.41. The maximum atomic E-state index is 12.0. The van der Waals surface area contributed by atoms with Crippen LogP contribution in [-0.2, 0) is 11.3 Å². The van der Waals surface area contributed by atoms with E-state index in [4.69, 9.17) is 4.74 Å². The van der Waals surface area contributed by atoms with Gasteiger partial charge in [0.15, 0.2) is 5.78 Å². The van der Waals surface area contributed by atoms with E-state index in [1.54, 1.807) is 6.08 Å². The van der Waals surface area contributed by atoms with Crippen LogP contribution in [0.3, 0.4) is 0 Å². The molecule has 0 saturated carbocycles. The molecule has 0 saturated heterocycles. The van der Waals surface area contributed by atoms with Gasteiger partial charge in [-0.3, -0.25) is 4.79 Å². The maximum Gasteiger partial charge on any atom is 0.184 e. The third-order valence-corrected chi connectivity index (χ3v) is 3.86. The summed E-state index contributed by atoms with van der Waals surface area (Å²) in [5.74, 6) is 0.449. The zero-order valence-electron chi connectivity index (χ0n) is 16.4. The van der Waals surface area contributed by atoms with Gasteiger partial charge >= 0.3 is 0 Å². The summed E-state index contributed by atoms with van der Waals surface area (Å²) < 4.78 is 5.53. The number of carbonyl (C=O) groups excluding carboxylic acids is 1. The fraction of sp³-hybridized carbons (Fsp3) is 0.208.